The Morgan fingerprint density at radius 1 is 1.14 bits per heavy atom. The van der Waals surface area contributed by atoms with Gasteiger partial charge in [-0.2, -0.15) is 0 Å². The van der Waals surface area contributed by atoms with Crippen molar-refractivity contribution < 1.29 is 4.79 Å². The summed E-state index contributed by atoms with van der Waals surface area (Å²) in [6.45, 7) is 2.71. The highest BCUT2D eigenvalue weighted by atomic mass is 32.2. The minimum Gasteiger partial charge on any atom is -0.311 e. The minimum absolute atomic E-state index is 0.130. The maximum atomic E-state index is 13.1. The molecule has 1 fully saturated rings. The van der Waals surface area contributed by atoms with Crippen LogP contribution in [0.5, 0.6) is 0 Å². The van der Waals surface area contributed by atoms with Crippen molar-refractivity contribution in [1.82, 2.24) is 19.7 Å². The fourth-order valence-corrected chi connectivity index (χ4v) is 4.69. The van der Waals surface area contributed by atoms with Crippen molar-refractivity contribution in [1.29, 1.82) is 0 Å². The second-order valence-corrected chi connectivity index (χ2v) is 8.58. The molecule has 0 saturated heterocycles. The van der Waals surface area contributed by atoms with E-state index in [4.69, 9.17) is 0 Å². The fourth-order valence-electron chi connectivity index (χ4n) is 3.71. The number of thioether (sulfide) groups is 1. The van der Waals surface area contributed by atoms with Crippen molar-refractivity contribution in [2.24, 2.45) is 0 Å². The van der Waals surface area contributed by atoms with E-state index in [0.29, 0.717) is 6.04 Å². The molecule has 142 valence electrons. The third kappa shape index (κ3) is 3.09. The smallest absolute Gasteiger partial charge is 0.240 e. The Hall–Kier alpha value is -2.67. The predicted octanol–water partition coefficient (Wildman–Crippen LogP) is 3.74. The van der Waals surface area contributed by atoms with Crippen molar-refractivity contribution >= 4 is 23.4 Å². The highest BCUT2D eigenvalue weighted by molar-refractivity contribution is 8.00. The standard InChI is InChI=1S/C21H21N5OS/c1-14(20(27)25-13-10-15-4-2-3-5-18(15)25)28-21-24-23-19(26(21)17-6-7-17)16-8-11-22-12-9-16/h2-5,8-9,11-12,14,17H,6-7,10,13H2,1H3/t14-/m0/s1. The molecule has 0 N–H and O–H groups in total. The molecular formula is C21H21N5OS. The SMILES string of the molecule is C[C@H](Sc1nnc(-c2ccncc2)n1C1CC1)C(=O)N1CCc2ccccc21. The van der Waals surface area contributed by atoms with Crippen LogP contribution in [0.25, 0.3) is 11.4 Å². The number of amides is 1. The lowest BCUT2D eigenvalue weighted by Crippen LogP contribution is -2.35. The number of carbonyl (C=O) groups is 1. The average Bonchev–Trinajstić information content (AvgIpc) is 3.34. The van der Waals surface area contributed by atoms with Crippen LogP contribution in [-0.2, 0) is 11.2 Å². The summed E-state index contributed by atoms with van der Waals surface area (Å²) in [7, 11) is 0. The van der Waals surface area contributed by atoms with Gasteiger partial charge in [-0.1, -0.05) is 30.0 Å². The van der Waals surface area contributed by atoms with Crippen LogP contribution in [0.3, 0.4) is 0 Å². The van der Waals surface area contributed by atoms with Gasteiger partial charge in [-0.05, 0) is 49.9 Å². The van der Waals surface area contributed by atoms with Crippen LogP contribution in [0.2, 0.25) is 0 Å². The van der Waals surface area contributed by atoms with Gasteiger partial charge < -0.3 is 4.90 Å². The number of pyridine rings is 1. The van der Waals surface area contributed by atoms with E-state index in [2.05, 4.69) is 25.8 Å². The maximum absolute atomic E-state index is 13.1. The van der Waals surface area contributed by atoms with Crippen molar-refractivity contribution in [2.75, 3.05) is 11.4 Å². The van der Waals surface area contributed by atoms with Gasteiger partial charge in [-0.3, -0.25) is 14.3 Å². The second kappa shape index (κ2) is 7.05. The number of hydrogen-bond donors (Lipinski definition) is 0. The van der Waals surface area contributed by atoms with Crippen LogP contribution < -0.4 is 4.90 Å². The monoisotopic (exact) mass is 391 g/mol. The van der Waals surface area contributed by atoms with Gasteiger partial charge in [0.25, 0.3) is 0 Å². The van der Waals surface area contributed by atoms with Crippen molar-refractivity contribution in [3.63, 3.8) is 0 Å². The zero-order valence-electron chi connectivity index (χ0n) is 15.7. The predicted molar refractivity (Wildman–Crippen MR) is 109 cm³/mol. The Labute approximate surface area is 168 Å². The molecule has 0 bridgehead atoms. The Bertz CT molecular complexity index is 1010. The van der Waals surface area contributed by atoms with Gasteiger partial charge in [-0.25, -0.2) is 0 Å². The van der Waals surface area contributed by atoms with Gasteiger partial charge >= 0.3 is 0 Å². The van der Waals surface area contributed by atoms with Gasteiger partial charge in [0.2, 0.25) is 5.91 Å². The average molecular weight is 392 g/mol. The van der Waals surface area contributed by atoms with E-state index in [1.54, 1.807) is 12.4 Å². The largest absolute Gasteiger partial charge is 0.311 e. The highest BCUT2D eigenvalue weighted by Crippen LogP contribution is 2.42. The Morgan fingerprint density at radius 2 is 1.93 bits per heavy atom. The zero-order valence-corrected chi connectivity index (χ0v) is 16.5. The molecule has 1 aromatic carbocycles. The lowest BCUT2D eigenvalue weighted by atomic mass is 10.2. The zero-order chi connectivity index (χ0) is 19.1. The summed E-state index contributed by atoms with van der Waals surface area (Å²) in [6.07, 6.45) is 6.72. The molecule has 1 aliphatic heterocycles. The Kier molecular flexibility index (Phi) is 4.39. The van der Waals surface area contributed by atoms with Gasteiger partial charge in [0.15, 0.2) is 11.0 Å². The molecule has 2 aromatic heterocycles. The summed E-state index contributed by atoms with van der Waals surface area (Å²) in [4.78, 5) is 19.1. The second-order valence-electron chi connectivity index (χ2n) is 7.27. The van der Waals surface area contributed by atoms with Crippen LogP contribution in [-0.4, -0.2) is 37.5 Å². The van der Waals surface area contributed by atoms with E-state index < -0.39 is 0 Å². The summed E-state index contributed by atoms with van der Waals surface area (Å²) in [5.74, 6) is 0.990. The molecule has 1 saturated carbocycles. The lowest BCUT2D eigenvalue weighted by molar-refractivity contribution is -0.117. The first-order valence-electron chi connectivity index (χ1n) is 9.63. The first kappa shape index (κ1) is 17.4. The molecule has 3 heterocycles. The van der Waals surface area contributed by atoms with Crippen molar-refractivity contribution in [3.05, 3.63) is 54.4 Å². The van der Waals surface area contributed by atoms with Crippen molar-refractivity contribution in [3.8, 4) is 11.4 Å². The van der Waals surface area contributed by atoms with Crippen LogP contribution in [0, 0.1) is 0 Å². The van der Waals surface area contributed by atoms with E-state index in [1.165, 1.54) is 17.3 Å². The molecule has 0 unspecified atom stereocenters. The molecule has 1 aliphatic carbocycles. The summed E-state index contributed by atoms with van der Waals surface area (Å²) in [5.41, 5.74) is 3.30. The Balaban J connectivity index is 1.39. The number of para-hydroxylation sites is 1. The summed E-state index contributed by atoms with van der Waals surface area (Å²) >= 11 is 1.51. The minimum atomic E-state index is -0.224. The van der Waals surface area contributed by atoms with E-state index in [1.807, 2.05) is 42.2 Å². The third-order valence-corrected chi connectivity index (χ3v) is 6.34. The van der Waals surface area contributed by atoms with Crippen LogP contribution in [0.1, 0.15) is 31.4 Å². The van der Waals surface area contributed by atoms with Crippen LogP contribution >= 0.6 is 11.8 Å². The van der Waals surface area contributed by atoms with Gasteiger partial charge in [-0.15, -0.1) is 10.2 Å². The fraction of sp³-hybridized carbons (Fsp3) is 0.333. The van der Waals surface area contributed by atoms with E-state index >= 15 is 0 Å². The van der Waals surface area contributed by atoms with E-state index in [-0.39, 0.29) is 11.2 Å². The Morgan fingerprint density at radius 3 is 2.71 bits per heavy atom. The molecule has 0 spiro atoms. The van der Waals surface area contributed by atoms with Crippen LogP contribution in [0.4, 0.5) is 5.69 Å². The molecule has 1 atom stereocenters. The number of fused-ring (bicyclic) bond motifs is 1. The molecule has 3 aromatic rings. The number of anilines is 1. The lowest BCUT2D eigenvalue weighted by Gasteiger charge is -2.21. The molecular weight excluding hydrogens is 370 g/mol. The van der Waals surface area contributed by atoms with Gasteiger partial charge in [0.1, 0.15) is 0 Å². The summed E-state index contributed by atoms with van der Waals surface area (Å²) in [6, 6.07) is 12.5. The number of carbonyl (C=O) groups excluding carboxylic acids is 1. The first-order valence-corrected chi connectivity index (χ1v) is 10.5. The number of nitrogens with zero attached hydrogens (tertiary/aromatic N) is 5. The van der Waals surface area contributed by atoms with Crippen LogP contribution in [0.15, 0.2) is 53.9 Å². The molecule has 28 heavy (non-hydrogen) atoms. The first-order chi connectivity index (χ1) is 13.7. The maximum Gasteiger partial charge on any atom is 0.240 e. The molecule has 7 heteroatoms. The summed E-state index contributed by atoms with van der Waals surface area (Å²) < 4.78 is 2.20. The highest BCUT2D eigenvalue weighted by Gasteiger charge is 2.33. The van der Waals surface area contributed by atoms with Crippen molar-refractivity contribution in [2.45, 2.75) is 42.6 Å². The number of hydrogen-bond acceptors (Lipinski definition) is 5. The van der Waals surface area contributed by atoms with E-state index in [9.17, 15) is 4.79 Å². The number of aromatic nitrogens is 4. The number of rotatable bonds is 5. The molecule has 1 amide bonds. The molecule has 6 nitrogen and oxygen atoms in total. The molecule has 0 radical (unpaired) electrons. The molecule has 2 aliphatic rings. The molecule has 5 rings (SSSR count). The normalized spacial score (nSPS) is 16.8. The van der Waals surface area contributed by atoms with Gasteiger partial charge in [0, 0.05) is 36.2 Å². The van der Waals surface area contributed by atoms with Gasteiger partial charge in [0.05, 0.1) is 5.25 Å². The summed E-state index contributed by atoms with van der Waals surface area (Å²) in [5, 5.41) is 9.46. The third-order valence-electron chi connectivity index (χ3n) is 5.30. The quantitative estimate of drug-likeness (QED) is 0.620. The number of benzene rings is 1. The van der Waals surface area contributed by atoms with E-state index in [0.717, 1.165) is 48.0 Å². The topological polar surface area (TPSA) is 63.9 Å².